The molecule has 130 valence electrons. The first-order valence-electron chi connectivity index (χ1n) is 8.24. The highest BCUT2D eigenvalue weighted by Crippen LogP contribution is 2.21. The summed E-state index contributed by atoms with van der Waals surface area (Å²) in [5.74, 6) is 1.56. The summed E-state index contributed by atoms with van der Waals surface area (Å²) in [6.07, 6.45) is 2.86. The summed E-state index contributed by atoms with van der Waals surface area (Å²) in [6, 6.07) is 8.16. The van der Waals surface area contributed by atoms with Gasteiger partial charge in [0.15, 0.2) is 0 Å². The Morgan fingerprint density at radius 1 is 1.39 bits per heavy atom. The van der Waals surface area contributed by atoms with Crippen LogP contribution in [0, 0.1) is 11.8 Å². The number of benzene rings is 1. The molecule has 0 spiro atoms. The number of nitrogens with one attached hydrogen (secondary N) is 2. The number of amides is 1. The molecule has 4 nitrogen and oxygen atoms in total. The van der Waals surface area contributed by atoms with E-state index in [1.165, 1.54) is 0 Å². The standard InChI is InChI=1S/C18H28N2O2.ClH/c1-13(2)16(11-14-7-4-5-9-17(14)22-3)20-18(21)15-8-6-10-19-12-15;/h4-5,7,9,13,15-16,19H,6,8,10-12H2,1-3H3,(H,20,21);1H. The van der Waals surface area contributed by atoms with E-state index in [9.17, 15) is 4.79 Å². The lowest BCUT2D eigenvalue weighted by Crippen LogP contribution is -2.47. The monoisotopic (exact) mass is 340 g/mol. The summed E-state index contributed by atoms with van der Waals surface area (Å²) in [5, 5.41) is 6.56. The molecule has 2 atom stereocenters. The maximum absolute atomic E-state index is 12.5. The topological polar surface area (TPSA) is 50.4 Å². The van der Waals surface area contributed by atoms with Crippen LogP contribution in [0.5, 0.6) is 5.75 Å². The Bertz CT molecular complexity index is 488. The molecule has 1 amide bonds. The Morgan fingerprint density at radius 3 is 2.74 bits per heavy atom. The van der Waals surface area contributed by atoms with E-state index in [1.54, 1.807) is 7.11 Å². The van der Waals surface area contributed by atoms with Crippen molar-refractivity contribution >= 4 is 18.3 Å². The van der Waals surface area contributed by atoms with Crippen molar-refractivity contribution in [3.8, 4) is 5.75 Å². The van der Waals surface area contributed by atoms with Gasteiger partial charge in [0.2, 0.25) is 5.91 Å². The zero-order chi connectivity index (χ0) is 15.9. The van der Waals surface area contributed by atoms with E-state index in [0.717, 1.165) is 43.7 Å². The molecule has 1 aromatic carbocycles. The van der Waals surface area contributed by atoms with Gasteiger partial charge in [-0.3, -0.25) is 4.79 Å². The van der Waals surface area contributed by atoms with Crippen LogP contribution < -0.4 is 15.4 Å². The Balaban J connectivity index is 0.00000264. The van der Waals surface area contributed by atoms with E-state index < -0.39 is 0 Å². The minimum atomic E-state index is 0. The van der Waals surface area contributed by atoms with Gasteiger partial charge in [-0.15, -0.1) is 12.4 Å². The lowest BCUT2D eigenvalue weighted by atomic mass is 9.93. The summed E-state index contributed by atoms with van der Waals surface area (Å²) in [7, 11) is 1.69. The van der Waals surface area contributed by atoms with Crippen molar-refractivity contribution in [3.63, 3.8) is 0 Å². The first-order chi connectivity index (χ1) is 10.6. The molecule has 1 fully saturated rings. The third kappa shape index (κ3) is 5.70. The first-order valence-corrected chi connectivity index (χ1v) is 8.24. The van der Waals surface area contributed by atoms with Crippen LogP contribution in [0.2, 0.25) is 0 Å². The molecule has 1 saturated heterocycles. The van der Waals surface area contributed by atoms with Gasteiger partial charge in [-0.1, -0.05) is 32.0 Å². The van der Waals surface area contributed by atoms with Crippen molar-refractivity contribution in [1.29, 1.82) is 0 Å². The van der Waals surface area contributed by atoms with Crippen LogP contribution in [0.15, 0.2) is 24.3 Å². The average Bonchev–Trinajstić information content (AvgIpc) is 2.55. The van der Waals surface area contributed by atoms with Crippen molar-refractivity contribution in [2.75, 3.05) is 20.2 Å². The van der Waals surface area contributed by atoms with Gasteiger partial charge in [-0.05, 0) is 43.4 Å². The molecule has 1 aromatic rings. The average molecular weight is 341 g/mol. The molecule has 0 radical (unpaired) electrons. The van der Waals surface area contributed by atoms with Gasteiger partial charge in [-0.2, -0.15) is 0 Å². The van der Waals surface area contributed by atoms with Crippen molar-refractivity contribution < 1.29 is 9.53 Å². The van der Waals surface area contributed by atoms with Crippen LogP contribution in [-0.2, 0) is 11.2 Å². The number of hydrogen-bond donors (Lipinski definition) is 2. The second-order valence-corrected chi connectivity index (χ2v) is 6.42. The molecule has 2 unspecified atom stereocenters. The molecule has 1 aliphatic heterocycles. The molecule has 1 heterocycles. The number of piperidine rings is 1. The molecule has 1 aliphatic rings. The van der Waals surface area contributed by atoms with Gasteiger partial charge in [0.25, 0.3) is 0 Å². The number of carbonyl (C=O) groups is 1. The number of ether oxygens (including phenoxy) is 1. The van der Waals surface area contributed by atoms with Gasteiger partial charge < -0.3 is 15.4 Å². The molecule has 0 aromatic heterocycles. The molecule has 23 heavy (non-hydrogen) atoms. The fourth-order valence-corrected chi connectivity index (χ4v) is 2.94. The summed E-state index contributed by atoms with van der Waals surface area (Å²) in [5.41, 5.74) is 1.14. The van der Waals surface area contributed by atoms with Gasteiger partial charge in [0.1, 0.15) is 5.75 Å². The van der Waals surface area contributed by atoms with Gasteiger partial charge >= 0.3 is 0 Å². The molecular weight excluding hydrogens is 312 g/mol. The summed E-state index contributed by atoms with van der Waals surface area (Å²) in [4.78, 5) is 12.5. The van der Waals surface area contributed by atoms with E-state index in [2.05, 4.69) is 30.5 Å². The highest BCUT2D eigenvalue weighted by molar-refractivity contribution is 5.85. The Morgan fingerprint density at radius 2 is 2.13 bits per heavy atom. The normalized spacial score (nSPS) is 18.9. The van der Waals surface area contributed by atoms with Crippen LogP contribution >= 0.6 is 12.4 Å². The SMILES string of the molecule is COc1ccccc1CC(NC(=O)C1CCCNC1)C(C)C.Cl. The van der Waals surface area contributed by atoms with Crippen LogP contribution in [0.25, 0.3) is 0 Å². The van der Waals surface area contributed by atoms with Crippen LogP contribution in [0.3, 0.4) is 0 Å². The Labute approximate surface area is 145 Å². The predicted molar refractivity (Wildman–Crippen MR) is 96.3 cm³/mol. The second kappa shape index (κ2) is 9.78. The molecule has 0 saturated carbocycles. The zero-order valence-electron chi connectivity index (χ0n) is 14.3. The fourth-order valence-electron chi connectivity index (χ4n) is 2.94. The third-order valence-electron chi connectivity index (χ3n) is 4.43. The number of hydrogen-bond acceptors (Lipinski definition) is 3. The van der Waals surface area contributed by atoms with Crippen molar-refractivity contribution in [1.82, 2.24) is 10.6 Å². The van der Waals surface area contributed by atoms with E-state index in [1.807, 2.05) is 18.2 Å². The van der Waals surface area contributed by atoms with E-state index in [0.29, 0.717) is 5.92 Å². The summed E-state index contributed by atoms with van der Waals surface area (Å²) in [6.45, 7) is 6.13. The lowest BCUT2D eigenvalue weighted by molar-refractivity contribution is -0.126. The molecule has 2 rings (SSSR count). The van der Waals surface area contributed by atoms with E-state index in [-0.39, 0.29) is 30.3 Å². The van der Waals surface area contributed by atoms with Crippen molar-refractivity contribution in [3.05, 3.63) is 29.8 Å². The lowest BCUT2D eigenvalue weighted by Gasteiger charge is -2.28. The minimum absolute atomic E-state index is 0. The first kappa shape index (κ1) is 19.8. The number of carbonyl (C=O) groups excluding carboxylic acids is 1. The number of methoxy groups -OCH3 is 1. The minimum Gasteiger partial charge on any atom is -0.496 e. The molecule has 5 heteroatoms. The third-order valence-corrected chi connectivity index (χ3v) is 4.43. The second-order valence-electron chi connectivity index (χ2n) is 6.42. The highest BCUT2D eigenvalue weighted by Gasteiger charge is 2.25. The van der Waals surface area contributed by atoms with E-state index in [4.69, 9.17) is 4.74 Å². The highest BCUT2D eigenvalue weighted by atomic mass is 35.5. The zero-order valence-corrected chi connectivity index (χ0v) is 15.1. The van der Waals surface area contributed by atoms with Crippen molar-refractivity contribution in [2.24, 2.45) is 11.8 Å². The molecular formula is C18H29ClN2O2. The van der Waals surface area contributed by atoms with Gasteiger partial charge in [0, 0.05) is 12.6 Å². The Kier molecular flexibility index (Phi) is 8.42. The summed E-state index contributed by atoms with van der Waals surface area (Å²) >= 11 is 0. The quantitative estimate of drug-likeness (QED) is 0.837. The number of halogens is 1. The van der Waals surface area contributed by atoms with Crippen LogP contribution in [0.4, 0.5) is 0 Å². The molecule has 2 N–H and O–H groups in total. The number of para-hydroxylation sites is 1. The maximum Gasteiger partial charge on any atom is 0.224 e. The van der Waals surface area contributed by atoms with Gasteiger partial charge in [-0.25, -0.2) is 0 Å². The largest absolute Gasteiger partial charge is 0.496 e. The number of rotatable bonds is 6. The predicted octanol–water partition coefficient (Wildman–Crippen LogP) is 2.80. The van der Waals surface area contributed by atoms with Gasteiger partial charge in [0.05, 0.1) is 13.0 Å². The maximum atomic E-state index is 12.5. The van der Waals surface area contributed by atoms with Crippen molar-refractivity contribution in [2.45, 2.75) is 39.2 Å². The van der Waals surface area contributed by atoms with E-state index >= 15 is 0 Å². The molecule has 0 bridgehead atoms. The Hall–Kier alpha value is -1.26. The fraction of sp³-hybridized carbons (Fsp3) is 0.611. The summed E-state index contributed by atoms with van der Waals surface area (Å²) < 4.78 is 5.42. The van der Waals surface area contributed by atoms with Crippen LogP contribution in [-0.4, -0.2) is 32.1 Å². The van der Waals surface area contributed by atoms with Crippen LogP contribution in [0.1, 0.15) is 32.3 Å². The molecule has 0 aliphatic carbocycles. The smallest absolute Gasteiger partial charge is 0.224 e.